The van der Waals surface area contributed by atoms with Crippen molar-refractivity contribution >= 4 is 28.6 Å². The highest BCUT2D eigenvalue weighted by Crippen LogP contribution is 2.39. The predicted octanol–water partition coefficient (Wildman–Crippen LogP) is 4.49. The molecule has 1 N–H and O–H groups in total. The lowest BCUT2D eigenvalue weighted by Gasteiger charge is -2.28. The number of halogens is 1. The van der Waals surface area contributed by atoms with E-state index in [4.69, 9.17) is 11.6 Å². The smallest absolute Gasteiger partial charge is 0.184 e. The van der Waals surface area contributed by atoms with Crippen LogP contribution < -0.4 is 5.32 Å². The number of hydrogen-bond donors (Lipinski definition) is 1. The summed E-state index contributed by atoms with van der Waals surface area (Å²) in [7, 11) is 0. The van der Waals surface area contributed by atoms with E-state index in [-0.39, 0.29) is 0 Å². The third kappa shape index (κ3) is 2.28. The van der Waals surface area contributed by atoms with E-state index in [2.05, 4.69) is 35.6 Å². The van der Waals surface area contributed by atoms with Gasteiger partial charge in [-0.3, -0.25) is 0 Å². The van der Waals surface area contributed by atoms with E-state index in [1.54, 1.807) is 11.3 Å². The Morgan fingerprint density at radius 3 is 2.89 bits per heavy atom. The Kier molecular flexibility index (Phi) is 3.11. The molecule has 3 rings (SSSR count). The number of rotatable bonds is 2. The number of nitrogens with one attached hydrogen (secondary N) is 1. The number of alkyl halides is 1. The maximum atomic E-state index is 6.66. The van der Waals surface area contributed by atoms with Gasteiger partial charge >= 0.3 is 0 Å². The molecule has 1 unspecified atom stereocenters. The average Bonchev–Trinajstić information content (AvgIpc) is 2.89. The van der Waals surface area contributed by atoms with Crippen LogP contribution in [0.25, 0.3) is 0 Å². The summed E-state index contributed by atoms with van der Waals surface area (Å²) in [5, 5.41) is 6.27. The monoisotopic (exact) mass is 289 g/mol. The van der Waals surface area contributed by atoms with E-state index in [0.717, 1.165) is 22.0 Å². The maximum absolute atomic E-state index is 6.66. The molecule has 1 aliphatic rings. The van der Waals surface area contributed by atoms with E-state index in [1.807, 2.05) is 30.3 Å². The van der Waals surface area contributed by atoms with Crippen molar-refractivity contribution in [2.75, 3.05) is 5.32 Å². The third-order valence-corrected chi connectivity index (χ3v) is 4.59. The minimum absolute atomic E-state index is 0.411. The van der Waals surface area contributed by atoms with Gasteiger partial charge in [0.2, 0.25) is 0 Å². The highest BCUT2D eigenvalue weighted by molar-refractivity contribution is 7.10. The molecule has 97 valence electrons. The molecule has 1 aliphatic heterocycles. The van der Waals surface area contributed by atoms with Crippen LogP contribution in [0.1, 0.15) is 36.0 Å². The molecule has 0 spiro atoms. The topological polar surface area (TPSA) is 24.9 Å². The summed E-state index contributed by atoms with van der Waals surface area (Å²) in [6, 6.07) is 7.99. The number of para-hydroxylation sites is 1. The van der Waals surface area contributed by atoms with Crippen LogP contribution in [0.15, 0.2) is 35.7 Å². The summed E-state index contributed by atoms with van der Waals surface area (Å²) >= 11 is 8.25. The molecule has 4 heteroatoms. The number of benzene rings is 1. The molecule has 0 amide bonds. The number of fused-ring (bicyclic) bond motifs is 1. The molecule has 2 nitrogen and oxygen atoms in total. The zero-order valence-electron chi connectivity index (χ0n) is 10.8. The Labute approximate surface area is 122 Å². The van der Waals surface area contributed by atoms with E-state index < -0.39 is 5.00 Å². The van der Waals surface area contributed by atoms with Gasteiger partial charge in [-0.1, -0.05) is 43.6 Å². The fraction of sp³-hybridized carbons (Fsp3) is 0.267. The molecule has 0 fully saturated rings. The first kappa shape index (κ1) is 12.7. The molecular weight excluding hydrogens is 276 g/mol. The summed E-state index contributed by atoms with van der Waals surface area (Å²) < 4.78 is 0. The van der Waals surface area contributed by atoms with Crippen LogP contribution >= 0.6 is 22.9 Å². The van der Waals surface area contributed by atoms with Gasteiger partial charge in [0, 0.05) is 16.6 Å². The van der Waals surface area contributed by atoms with E-state index in [9.17, 15) is 0 Å². The molecule has 0 bridgehead atoms. The summed E-state index contributed by atoms with van der Waals surface area (Å²) in [6.45, 7) is 4.26. The Morgan fingerprint density at radius 1 is 1.37 bits per heavy atom. The van der Waals surface area contributed by atoms with Gasteiger partial charge in [0.05, 0.1) is 5.69 Å². The zero-order valence-corrected chi connectivity index (χ0v) is 12.3. The first-order chi connectivity index (χ1) is 9.08. The second-order valence-corrected chi connectivity index (χ2v) is 6.36. The molecule has 19 heavy (non-hydrogen) atoms. The number of nitrogens with zero attached hydrogens (tertiary/aromatic N) is 1. The van der Waals surface area contributed by atoms with Crippen molar-refractivity contribution < 1.29 is 0 Å². The van der Waals surface area contributed by atoms with Crippen LogP contribution in [0.5, 0.6) is 0 Å². The fourth-order valence-corrected chi connectivity index (χ4v) is 3.29. The van der Waals surface area contributed by atoms with Gasteiger partial charge < -0.3 is 5.32 Å². The largest absolute Gasteiger partial charge is 0.357 e. The highest BCUT2D eigenvalue weighted by atomic mass is 35.5. The maximum Gasteiger partial charge on any atom is 0.184 e. The Balaban J connectivity index is 1.97. The molecule has 1 aromatic carbocycles. The van der Waals surface area contributed by atoms with Crippen molar-refractivity contribution in [3.05, 3.63) is 58.1 Å². The van der Waals surface area contributed by atoms with Crippen LogP contribution in [-0.2, 0) is 5.00 Å². The van der Waals surface area contributed by atoms with Gasteiger partial charge in [-0.2, -0.15) is 0 Å². The van der Waals surface area contributed by atoms with Gasteiger partial charge in [-0.25, -0.2) is 4.98 Å². The van der Waals surface area contributed by atoms with Crippen LogP contribution in [-0.4, -0.2) is 4.98 Å². The first-order valence-electron chi connectivity index (χ1n) is 6.21. The molecule has 1 atom stereocenters. The third-order valence-electron chi connectivity index (χ3n) is 3.09. The SMILES string of the molecule is CC(C)c1csc(C2(Cl)C=[C]c3ccccc3N2)n1. The van der Waals surface area contributed by atoms with Crippen LogP contribution in [0, 0.1) is 6.08 Å². The molecule has 1 radical (unpaired) electrons. The fourth-order valence-electron chi connectivity index (χ4n) is 1.96. The Hall–Kier alpha value is -1.32. The summed E-state index contributed by atoms with van der Waals surface area (Å²) in [4.78, 5) is 3.85. The minimum atomic E-state index is -0.786. The van der Waals surface area contributed by atoms with E-state index in [0.29, 0.717) is 5.92 Å². The molecule has 2 aromatic rings. The van der Waals surface area contributed by atoms with Crippen LogP contribution in [0.3, 0.4) is 0 Å². The molecule has 2 heterocycles. The lowest BCUT2D eigenvalue weighted by molar-refractivity contribution is 0.791. The van der Waals surface area contributed by atoms with Crippen molar-refractivity contribution in [3.63, 3.8) is 0 Å². The minimum Gasteiger partial charge on any atom is -0.357 e. The van der Waals surface area contributed by atoms with Gasteiger partial charge in [0.15, 0.2) is 5.00 Å². The van der Waals surface area contributed by atoms with Crippen LogP contribution in [0.4, 0.5) is 5.69 Å². The van der Waals surface area contributed by atoms with Crippen molar-refractivity contribution in [2.45, 2.75) is 24.8 Å². The summed E-state index contributed by atoms with van der Waals surface area (Å²) in [5.41, 5.74) is 3.09. The molecule has 0 aliphatic carbocycles. The summed E-state index contributed by atoms with van der Waals surface area (Å²) in [5.74, 6) is 0.411. The number of hydrogen-bond acceptors (Lipinski definition) is 3. The Bertz CT molecular complexity index is 633. The molecule has 0 saturated heterocycles. The number of thiazole rings is 1. The van der Waals surface area contributed by atoms with Crippen molar-refractivity contribution in [3.8, 4) is 0 Å². The quantitative estimate of drug-likeness (QED) is 0.651. The average molecular weight is 290 g/mol. The van der Waals surface area contributed by atoms with Crippen LogP contribution in [0.2, 0.25) is 0 Å². The van der Waals surface area contributed by atoms with Gasteiger partial charge in [0.1, 0.15) is 5.01 Å². The van der Waals surface area contributed by atoms with Crippen molar-refractivity contribution in [2.24, 2.45) is 0 Å². The second-order valence-electron chi connectivity index (χ2n) is 4.90. The molecular formula is C15H14ClN2S. The highest BCUT2D eigenvalue weighted by Gasteiger charge is 2.33. The molecule has 0 saturated carbocycles. The van der Waals surface area contributed by atoms with E-state index >= 15 is 0 Å². The van der Waals surface area contributed by atoms with Gasteiger partial charge in [-0.15, -0.1) is 11.3 Å². The molecule has 1 aromatic heterocycles. The Morgan fingerprint density at radius 2 is 2.16 bits per heavy atom. The zero-order chi connectivity index (χ0) is 13.5. The number of anilines is 1. The standard InChI is InChI=1S/C15H14ClN2S/c1-10(2)13-9-19-14(17-13)15(16)8-7-11-5-3-4-6-12(11)18-15/h3-6,8-10,18H,1-2H3. The normalized spacial score (nSPS) is 21.3. The summed E-state index contributed by atoms with van der Waals surface area (Å²) in [6.07, 6.45) is 5.08. The number of aromatic nitrogens is 1. The predicted molar refractivity (Wildman–Crippen MR) is 80.7 cm³/mol. The van der Waals surface area contributed by atoms with Crippen molar-refractivity contribution in [1.82, 2.24) is 4.98 Å². The van der Waals surface area contributed by atoms with Gasteiger partial charge in [-0.05, 0) is 24.1 Å². The lowest BCUT2D eigenvalue weighted by Crippen LogP contribution is -2.29. The lowest BCUT2D eigenvalue weighted by atomic mass is 10.1. The first-order valence-corrected chi connectivity index (χ1v) is 7.47. The van der Waals surface area contributed by atoms with E-state index in [1.165, 1.54) is 0 Å². The van der Waals surface area contributed by atoms with Gasteiger partial charge in [0.25, 0.3) is 0 Å². The second kappa shape index (κ2) is 4.66. The van der Waals surface area contributed by atoms with Crippen molar-refractivity contribution in [1.29, 1.82) is 0 Å².